The summed E-state index contributed by atoms with van der Waals surface area (Å²) in [6, 6.07) is 1.86. The maximum Gasteiger partial charge on any atom is 0.315 e. The van der Waals surface area contributed by atoms with Crippen molar-refractivity contribution in [2.45, 2.75) is 46.7 Å². The van der Waals surface area contributed by atoms with E-state index in [0.717, 1.165) is 0 Å². The molecule has 4 nitrogen and oxygen atoms in total. The molecule has 1 rings (SSSR count). The Morgan fingerprint density at radius 2 is 1.95 bits per heavy atom. The summed E-state index contributed by atoms with van der Waals surface area (Å²) < 4.78 is 0. The monoisotopic (exact) mass is 284 g/mol. The van der Waals surface area contributed by atoms with E-state index in [2.05, 4.69) is 30.5 Å². The molecule has 0 spiro atoms. The van der Waals surface area contributed by atoms with E-state index >= 15 is 0 Å². The number of rotatable bonds is 5. The van der Waals surface area contributed by atoms with Crippen molar-refractivity contribution in [1.29, 1.82) is 0 Å². The molecule has 0 radical (unpaired) electrons. The van der Waals surface area contributed by atoms with Crippen LogP contribution < -0.4 is 10.6 Å². The molecule has 0 saturated carbocycles. The van der Waals surface area contributed by atoms with Gasteiger partial charge in [0.25, 0.3) is 0 Å². The number of aryl methyl sites for hydroxylation is 2. The average molecular weight is 284 g/mol. The van der Waals surface area contributed by atoms with Crippen LogP contribution >= 0.6 is 11.3 Å². The van der Waals surface area contributed by atoms with E-state index in [-0.39, 0.29) is 30.6 Å². The number of amides is 2. The molecular weight excluding hydrogens is 260 g/mol. The normalized spacial score (nSPS) is 15.7. The van der Waals surface area contributed by atoms with E-state index in [0.29, 0.717) is 0 Å². The van der Waals surface area contributed by atoms with Crippen molar-refractivity contribution in [2.24, 2.45) is 5.92 Å². The maximum atomic E-state index is 11.9. The third kappa shape index (κ3) is 4.51. The zero-order chi connectivity index (χ0) is 14.6. The highest BCUT2D eigenvalue weighted by Crippen LogP contribution is 2.25. The summed E-state index contributed by atoms with van der Waals surface area (Å²) in [7, 11) is 0. The average Bonchev–Trinajstić information content (AvgIpc) is 2.67. The van der Waals surface area contributed by atoms with Gasteiger partial charge in [-0.15, -0.1) is 11.3 Å². The number of nitrogens with one attached hydrogen (secondary N) is 2. The van der Waals surface area contributed by atoms with Gasteiger partial charge in [-0.2, -0.15) is 0 Å². The Labute approximate surface area is 119 Å². The molecule has 1 heterocycles. The summed E-state index contributed by atoms with van der Waals surface area (Å²) in [5, 5.41) is 14.8. The predicted octanol–water partition coefficient (Wildman–Crippen LogP) is 2.74. The number of hydrogen-bond acceptors (Lipinski definition) is 3. The zero-order valence-corrected chi connectivity index (χ0v) is 13.1. The van der Waals surface area contributed by atoms with Gasteiger partial charge in [-0.25, -0.2) is 4.79 Å². The molecule has 3 N–H and O–H groups in total. The Balaban J connectivity index is 2.55. The van der Waals surface area contributed by atoms with E-state index in [1.807, 2.05) is 20.8 Å². The van der Waals surface area contributed by atoms with Gasteiger partial charge in [-0.3, -0.25) is 0 Å². The molecule has 0 bridgehead atoms. The van der Waals surface area contributed by atoms with Gasteiger partial charge in [-0.1, -0.05) is 6.92 Å². The summed E-state index contributed by atoms with van der Waals surface area (Å²) in [6.07, 6.45) is 0. The molecule has 3 unspecified atom stereocenters. The van der Waals surface area contributed by atoms with Gasteiger partial charge in [0.2, 0.25) is 0 Å². The number of hydrogen-bond donors (Lipinski definition) is 3. The van der Waals surface area contributed by atoms with Crippen molar-refractivity contribution in [3.05, 3.63) is 21.4 Å². The second-order valence-corrected chi connectivity index (χ2v) is 6.62. The highest BCUT2D eigenvalue weighted by molar-refractivity contribution is 7.12. The summed E-state index contributed by atoms with van der Waals surface area (Å²) in [4.78, 5) is 14.4. The summed E-state index contributed by atoms with van der Waals surface area (Å²) >= 11 is 1.74. The molecule has 0 fully saturated rings. The highest BCUT2D eigenvalue weighted by atomic mass is 32.1. The quantitative estimate of drug-likeness (QED) is 0.778. The van der Waals surface area contributed by atoms with Gasteiger partial charge in [0.1, 0.15) is 0 Å². The Bertz CT molecular complexity index is 431. The summed E-state index contributed by atoms with van der Waals surface area (Å²) in [6.45, 7) is 9.98. The zero-order valence-electron chi connectivity index (χ0n) is 12.3. The molecule has 2 amide bonds. The standard InChI is InChI=1S/C14H24N2O2S/c1-8(7-17)10(3)15-14(18)16-11(4)13-6-9(2)19-12(13)5/h6,8,10-11,17H,7H2,1-5H3,(H2,15,16,18). The molecule has 0 aliphatic carbocycles. The van der Waals surface area contributed by atoms with Crippen molar-refractivity contribution in [2.75, 3.05) is 6.61 Å². The number of urea groups is 1. The van der Waals surface area contributed by atoms with Gasteiger partial charge in [0.15, 0.2) is 0 Å². The predicted molar refractivity (Wildman–Crippen MR) is 79.6 cm³/mol. The molecule has 0 aliphatic heterocycles. The van der Waals surface area contributed by atoms with Crippen LogP contribution in [0, 0.1) is 19.8 Å². The number of carbonyl (C=O) groups is 1. The van der Waals surface area contributed by atoms with Crippen LogP contribution in [-0.2, 0) is 0 Å². The molecule has 19 heavy (non-hydrogen) atoms. The number of thiophene rings is 1. The van der Waals surface area contributed by atoms with Crippen LogP contribution in [0.25, 0.3) is 0 Å². The minimum absolute atomic E-state index is 0.0124. The van der Waals surface area contributed by atoms with E-state index in [4.69, 9.17) is 5.11 Å². The minimum atomic E-state index is -0.191. The van der Waals surface area contributed by atoms with Gasteiger partial charge in [0, 0.05) is 22.4 Å². The van der Waals surface area contributed by atoms with Crippen LogP contribution in [0.3, 0.4) is 0 Å². The van der Waals surface area contributed by atoms with Gasteiger partial charge < -0.3 is 15.7 Å². The first-order chi connectivity index (χ1) is 8.85. The lowest BCUT2D eigenvalue weighted by Gasteiger charge is -2.21. The SMILES string of the molecule is Cc1cc(C(C)NC(=O)NC(C)C(C)CO)c(C)s1. The van der Waals surface area contributed by atoms with Crippen LogP contribution in [0.4, 0.5) is 4.79 Å². The first-order valence-electron chi connectivity index (χ1n) is 6.60. The smallest absolute Gasteiger partial charge is 0.315 e. The maximum absolute atomic E-state index is 11.9. The fraction of sp³-hybridized carbons (Fsp3) is 0.643. The minimum Gasteiger partial charge on any atom is -0.396 e. The fourth-order valence-corrected chi connectivity index (χ4v) is 2.93. The number of aliphatic hydroxyl groups is 1. The van der Waals surface area contributed by atoms with Crippen molar-refractivity contribution in [3.8, 4) is 0 Å². The first-order valence-corrected chi connectivity index (χ1v) is 7.41. The first kappa shape index (κ1) is 16.0. The Morgan fingerprint density at radius 3 is 2.42 bits per heavy atom. The van der Waals surface area contributed by atoms with Crippen LogP contribution in [0.15, 0.2) is 6.07 Å². The molecular formula is C14H24N2O2S. The van der Waals surface area contributed by atoms with E-state index < -0.39 is 0 Å². The number of carbonyl (C=O) groups excluding carboxylic acids is 1. The molecule has 1 aromatic heterocycles. The Hall–Kier alpha value is -1.07. The number of aliphatic hydroxyl groups excluding tert-OH is 1. The topological polar surface area (TPSA) is 61.4 Å². The van der Waals surface area contributed by atoms with Crippen molar-refractivity contribution in [3.63, 3.8) is 0 Å². The van der Waals surface area contributed by atoms with Gasteiger partial charge >= 0.3 is 6.03 Å². The summed E-state index contributed by atoms with van der Waals surface area (Å²) in [5.41, 5.74) is 1.17. The lowest BCUT2D eigenvalue weighted by atomic mass is 10.1. The van der Waals surface area contributed by atoms with Gasteiger partial charge in [-0.05, 0) is 45.2 Å². The lowest BCUT2D eigenvalue weighted by Crippen LogP contribution is -2.44. The van der Waals surface area contributed by atoms with Gasteiger partial charge in [0.05, 0.1) is 6.04 Å². The second kappa shape index (κ2) is 6.91. The highest BCUT2D eigenvalue weighted by Gasteiger charge is 2.17. The third-order valence-electron chi connectivity index (χ3n) is 3.39. The van der Waals surface area contributed by atoms with E-state index in [1.54, 1.807) is 11.3 Å². The van der Waals surface area contributed by atoms with E-state index in [1.165, 1.54) is 15.3 Å². The van der Waals surface area contributed by atoms with Crippen LogP contribution in [0.1, 0.15) is 42.1 Å². The van der Waals surface area contributed by atoms with Crippen molar-refractivity contribution >= 4 is 17.4 Å². The van der Waals surface area contributed by atoms with Crippen molar-refractivity contribution < 1.29 is 9.90 Å². The molecule has 108 valence electrons. The molecule has 0 aromatic carbocycles. The van der Waals surface area contributed by atoms with Crippen LogP contribution in [-0.4, -0.2) is 23.8 Å². The Morgan fingerprint density at radius 1 is 1.32 bits per heavy atom. The fourth-order valence-electron chi connectivity index (χ4n) is 1.90. The van der Waals surface area contributed by atoms with E-state index in [9.17, 15) is 4.79 Å². The largest absolute Gasteiger partial charge is 0.396 e. The van der Waals surface area contributed by atoms with Crippen LogP contribution in [0.5, 0.6) is 0 Å². The molecule has 1 aromatic rings. The molecule has 3 atom stereocenters. The van der Waals surface area contributed by atoms with Crippen molar-refractivity contribution in [1.82, 2.24) is 10.6 Å². The Kier molecular flexibility index (Phi) is 5.82. The third-order valence-corrected chi connectivity index (χ3v) is 4.38. The molecule has 0 aliphatic rings. The lowest BCUT2D eigenvalue weighted by molar-refractivity contribution is 0.199. The second-order valence-electron chi connectivity index (χ2n) is 5.16. The molecule has 0 saturated heterocycles. The van der Waals surface area contributed by atoms with Crippen LogP contribution in [0.2, 0.25) is 0 Å². The summed E-state index contributed by atoms with van der Waals surface area (Å²) in [5.74, 6) is 0.0474. The molecule has 5 heteroatoms.